The monoisotopic (exact) mass is 272 g/mol. The number of carbonyl (C=O) groups is 1. The zero-order valence-electron chi connectivity index (χ0n) is 10.9. The van der Waals surface area contributed by atoms with Crippen molar-refractivity contribution in [3.05, 3.63) is 11.7 Å². The maximum absolute atomic E-state index is 12.1. The summed E-state index contributed by atoms with van der Waals surface area (Å²) in [7, 11) is 0. The summed E-state index contributed by atoms with van der Waals surface area (Å²) >= 11 is 0. The van der Waals surface area contributed by atoms with Crippen LogP contribution in [0.5, 0.6) is 0 Å². The van der Waals surface area contributed by atoms with E-state index in [0.717, 1.165) is 31.6 Å². The van der Waals surface area contributed by atoms with E-state index in [4.69, 9.17) is 4.52 Å². The van der Waals surface area contributed by atoms with Crippen LogP contribution in [0.4, 0.5) is 8.78 Å². The Morgan fingerprint density at radius 1 is 1.37 bits per heavy atom. The van der Waals surface area contributed by atoms with Gasteiger partial charge in [-0.2, -0.15) is 4.98 Å². The van der Waals surface area contributed by atoms with Crippen molar-refractivity contribution in [3.8, 4) is 0 Å². The second kappa shape index (κ2) is 6.21. The lowest BCUT2D eigenvalue weighted by molar-refractivity contribution is -0.129. The number of alkyl halides is 2. The van der Waals surface area contributed by atoms with Crippen LogP contribution in [0, 0.1) is 5.92 Å². The second-order valence-corrected chi connectivity index (χ2v) is 5.12. The first-order valence-corrected chi connectivity index (χ1v) is 6.73. The van der Waals surface area contributed by atoms with E-state index in [0.29, 0.717) is 5.82 Å². The molecular formula is C13H18F2N2O2. The molecule has 1 saturated carbocycles. The molecule has 1 fully saturated rings. The third-order valence-electron chi connectivity index (χ3n) is 3.84. The highest BCUT2D eigenvalue weighted by molar-refractivity contribution is 5.82. The van der Waals surface area contributed by atoms with Gasteiger partial charge in [0.25, 0.3) is 6.43 Å². The van der Waals surface area contributed by atoms with Gasteiger partial charge < -0.3 is 4.52 Å². The lowest BCUT2D eigenvalue weighted by atomic mass is 9.80. The van der Waals surface area contributed by atoms with Crippen LogP contribution in [0.3, 0.4) is 0 Å². The molecule has 19 heavy (non-hydrogen) atoms. The van der Waals surface area contributed by atoms with E-state index >= 15 is 0 Å². The Morgan fingerprint density at radius 3 is 2.63 bits per heavy atom. The number of hydrogen-bond acceptors (Lipinski definition) is 4. The molecule has 0 radical (unpaired) electrons. The Hall–Kier alpha value is -1.33. The van der Waals surface area contributed by atoms with Crippen molar-refractivity contribution in [2.45, 2.75) is 57.8 Å². The van der Waals surface area contributed by atoms with Crippen LogP contribution in [-0.2, 0) is 11.2 Å². The van der Waals surface area contributed by atoms with E-state index < -0.39 is 18.6 Å². The molecule has 0 atom stereocenters. The summed E-state index contributed by atoms with van der Waals surface area (Å²) in [6.45, 7) is 2.19. The van der Waals surface area contributed by atoms with Gasteiger partial charge >= 0.3 is 0 Å². The smallest absolute Gasteiger partial charge is 0.296 e. The van der Waals surface area contributed by atoms with Gasteiger partial charge in [0.15, 0.2) is 5.82 Å². The summed E-state index contributed by atoms with van der Waals surface area (Å²) in [5.74, 6) is 0.388. The Labute approximate surface area is 110 Å². The lowest BCUT2D eigenvalue weighted by Crippen LogP contribution is -2.14. The minimum Gasteiger partial charge on any atom is -0.339 e. The first kappa shape index (κ1) is 14.1. The van der Waals surface area contributed by atoms with E-state index in [-0.39, 0.29) is 11.8 Å². The number of carbonyl (C=O) groups excluding carboxylic acids is 1. The van der Waals surface area contributed by atoms with Gasteiger partial charge in [-0.25, -0.2) is 8.78 Å². The van der Waals surface area contributed by atoms with Crippen molar-refractivity contribution in [1.82, 2.24) is 10.1 Å². The van der Waals surface area contributed by atoms with Crippen molar-refractivity contribution >= 4 is 5.78 Å². The summed E-state index contributed by atoms with van der Waals surface area (Å²) in [5.41, 5.74) is 0. The van der Waals surface area contributed by atoms with Gasteiger partial charge in [0.1, 0.15) is 0 Å². The second-order valence-electron chi connectivity index (χ2n) is 5.12. The molecule has 1 aromatic rings. The van der Waals surface area contributed by atoms with E-state index in [9.17, 15) is 13.6 Å². The largest absolute Gasteiger partial charge is 0.339 e. The minimum atomic E-state index is -2.98. The molecular weight excluding hydrogens is 254 g/mol. The zero-order chi connectivity index (χ0) is 13.8. The first-order valence-electron chi connectivity index (χ1n) is 6.73. The summed E-state index contributed by atoms with van der Waals surface area (Å²) in [6.07, 6.45) is 2.01. The topological polar surface area (TPSA) is 56.0 Å². The van der Waals surface area contributed by atoms with Crippen LogP contribution in [0.25, 0.3) is 0 Å². The Balaban J connectivity index is 1.92. The quantitative estimate of drug-likeness (QED) is 0.826. The molecule has 0 amide bonds. The van der Waals surface area contributed by atoms with Crippen LogP contribution < -0.4 is 0 Å². The highest BCUT2D eigenvalue weighted by Gasteiger charge is 2.26. The van der Waals surface area contributed by atoms with Gasteiger partial charge in [-0.15, -0.1) is 0 Å². The van der Waals surface area contributed by atoms with E-state index in [1.807, 2.05) is 0 Å². The van der Waals surface area contributed by atoms with Crippen molar-refractivity contribution in [1.29, 1.82) is 0 Å². The van der Waals surface area contributed by atoms with Crippen molar-refractivity contribution in [2.24, 2.45) is 5.92 Å². The van der Waals surface area contributed by atoms with Crippen LogP contribution in [0.2, 0.25) is 0 Å². The van der Waals surface area contributed by atoms with Crippen molar-refractivity contribution in [3.63, 3.8) is 0 Å². The van der Waals surface area contributed by atoms with E-state index in [2.05, 4.69) is 17.1 Å². The Morgan fingerprint density at radius 2 is 2.05 bits per heavy atom. The van der Waals surface area contributed by atoms with E-state index in [1.54, 1.807) is 0 Å². The number of aromatic nitrogens is 2. The molecule has 4 nitrogen and oxygen atoms in total. The fraction of sp³-hybridized carbons (Fsp3) is 0.769. The van der Waals surface area contributed by atoms with Crippen LogP contribution in [0.15, 0.2) is 4.52 Å². The molecule has 1 aromatic heterocycles. The molecule has 1 aliphatic rings. The maximum atomic E-state index is 12.1. The first-order chi connectivity index (χ1) is 9.10. The normalized spacial score (nSPS) is 23.8. The summed E-state index contributed by atoms with van der Waals surface area (Å²) in [4.78, 5) is 15.0. The maximum Gasteiger partial charge on any atom is 0.296 e. The molecule has 0 unspecified atom stereocenters. The van der Waals surface area contributed by atoms with Gasteiger partial charge in [-0.05, 0) is 31.6 Å². The minimum absolute atomic E-state index is 0.00193. The number of Topliss-reactive ketones (excluding diaryl/α,β-unsaturated/α-hetero) is 1. The van der Waals surface area contributed by atoms with Crippen molar-refractivity contribution in [2.75, 3.05) is 0 Å². The number of halogens is 2. The SMILES string of the molecule is CCC1CCC(c2noc(CC(=O)C(F)F)n2)CC1. The number of ketones is 1. The van der Waals surface area contributed by atoms with Crippen LogP contribution in [-0.4, -0.2) is 22.3 Å². The molecule has 1 heterocycles. The fourth-order valence-corrected chi connectivity index (χ4v) is 2.56. The highest BCUT2D eigenvalue weighted by atomic mass is 19.3. The summed E-state index contributed by atoms with van der Waals surface area (Å²) in [6, 6.07) is 0. The molecule has 0 saturated heterocycles. The summed E-state index contributed by atoms with van der Waals surface area (Å²) in [5, 5.41) is 3.82. The predicted molar refractivity (Wildman–Crippen MR) is 64.0 cm³/mol. The molecule has 0 spiro atoms. The van der Waals surface area contributed by atoms with Gasteiger partial charge in [-0.3, -0.25) is 4.79 Å². The predicted octanol–water partition coefficient (Wildman–Crippen LogP) is 3.13. The third kappa shape index (κ3) is 3.58. The lowest BCUT2D eigenvalue weighted by Gasteiger charge is -2.25. The molecule has 0 aromatic carbocycles. The zero-order valence-corrected chi connectivity index (χ0v) is 10.9. The van der Waals surface area contributed by atoms with Gasteiger partial charge in [-0.1, -0.05) is 18.5 Å². The van der Waals surface area contributed by atoms with Gasteiger partial charge in [0.05, 0.1) is 6.42 Å². The standard InChI is InChI=1S/C13H18F2N2O2/c1-2-8-3-5-9(6-4-8)13-16-11(19-17-13)7-10(18)12(14)15/h8-9,12H,2-7H2,1H3. The molecule has 0 aliphatic heterocycles. The van der Waals surface area contributed by atoms with Gasteiger partial charge in [0.2, 0.25) is 11.7 Å². The molecule has 0 bridgehead atoms. The summed E-state index contributed by atoms with van der Waals surface area (Å²) < 4.78 is 29.1. The number of nitrogens with zero attached hydrogens (tertiary/aromatic N) is 2. The molecule has 0 N–H and O–H groups in total. The number of rotatable bonds is 5. The van der Waals surface area contributed by atoms with Crippen molar-refractivity contribution < 1.29 is 18.1 Å². The van der Waals surface area contributed by atoms with Crippen LogP contribution in [0.1, 0.15) is 56.7 Å². The average molecular weight is 272 g/mol. The fourth-order valence-electron chi connectivity index (χ4n) is 2.56. The highest BCUT2D eigenvalue weighted by Crippen LogP contribution is 2.35. The van der Waals surface area contributed by atoms with E-state index in [1.165, 1.54) is 6.42 Å². The molecule has 6 heteroatoms. The Kier molecular flexibility index (Phi) is 4.61. The Bertz CT molecular complexity index is 426. The number of hydrogen-bond donors (Lipinski definition) is 0. The molecule has 1 aliphatic carbocycles. The molecule has 2 rings (SSSR count). The van der Waals surface area contributed by atoms with Crippen LogP contribution >= 0.6 is 0 Å². The molecule has 106 valence electrons. The van der Waals surface area contributed by atoms with Gasteiger partial charge in [0, 0.05) is 5.92 Å². The third-order valence-corrected chi connectivity index (χ3v) is 3.84. The average Bonchev–Trinajstić information content (AvgIpc) is 2.87.